The van der Waals surface area contributed by atoms with Crippen molar-refractivity contribution < 1.29 is 15.0 Å². The van der Waals surface area contributed by atoms with Gasteiger partial charge in [0.15, 0.2) is 5.78 Å². The number of benzene rings is 1. The fourth-order valence-electron chi connectivity index (χ4n) is 10.6. The molecule has 5 aliphatic carbocycles. The fourth-order valence-corrected chi connectivity index (χ4v) is 11.4. The van der Waals surface area contributed by atoms with Crippen LogP contribution < -0.4 is 0 Å². The number of ketones is 1. The number of para-hydroxylation sites is 2. The second-order valence-electron chi connectivity index (χ2n) is 14.9. The number of carbonyl (C=O) groups is 1. The number of allylic oxidation sites excluding steroid dienone is 1. The van der Waals surface area contributed by atoms with Gasteiger partial charge in [0.25, 0.3) is 0 Å². The van der Waals surface area contributed by atoms with Crippen LogP contribution in [0.5, 0.6) is 0 Å². The molecule has 7 nitrogen and oxygen atoms in total. The van der Waals surface area contributed by atoms with E-state index in [-0.39, 0.29) is 34.7 Å². The van der Waals surface area contributed by atoms with E-state index in [1.54, 1.807) is 6.20 Å². The molecule has 2 aromatic heterocycles. The first kappa shape index (κ1) is 28.9. The molecule has 4 fully saturated rings. The lowest BCUT2D eigenvalue weighted by Gasteiger charge is -2.60. The molecular formula is C36H44N4O3S. The molecule has 0 spiro atoms. The predicted molar refractivity (Wildman–Crippen MR) is 172 cm³/mol. The van der Waals surface area contributed by atoms with E-state index >= 15 is 0 Å². The molecule has 0 bridgehead atoms. The number of thioether (sulfide) groups is 1. The summed E-state index contributed by atoms with van der Waals surface area (Å²) in [5.74, 6) is 0.607. The number of aliphatic hydroxyl groups is 2. The van der Waals surface area contributed by atoms with Crippen LogP contribution in [0.25, 0.3) is 17.1 Å². The van der Waals surface area contributed by atoms with Crippen LogP contribution in [-0.4, -0.2) is 53.2 Å². The smallest absolute Gasteiger partial charge is 0.175 e. The van der Waals surface area contributed by atoms with Gasteiger partial charge in [-0.3, -0.25) is 14.5 Å². The third-order valence-electron chi connectivity index (χ3n) is 12.8. The Balaban J connectivity index is 1.03. The molecule has 232 valence electrons. The minimum absolute atomic E-state index is 0.117. The first-order valence-electron chi connectivity index (χ1n) is 16.8. The van der Waals surface area contributed by atoms with E-state index in [0.29, 0.717) is 23.9 Å². The van der Waals surface area contributed by atoms with Crippen LogP contribution in [0.2, 0.25) is 0 Å². The van der Waals surface area contributed by atoms with Crippen LogP contribution in [0, 0.1) is 28.6 Å². The number of fused-ring (bicyclic) bond motifs is 7. The number of rotatable bonds is 5. The van der Waals surface area contributed by atoms with Gasteiger partial charge in [-0.2, -0.15) is 5.10 Å². The summed E-state index contributed by atoms with van der Waals surface area (Å²) in [6.07, 6.45) is 16.7. The van der Waals surface area contributed by atoms with Gasteiger partial charge >= 0.3 is 0 Å². The zero-order valence-corrected chi connectivity index (χ0v) is 26.7. The highest BCUT2D eigenvalue weighted by Gasteiger charge is 2.68. The average Bonchev–Trinajstić information content (AvgIpc) is 3.55. The van der Waals surface area contributed by atoms with E-state index in [9.17, 15) is 15.0 Å². The molecule has 8 rings (SSSR count). The van der Waals surface area contributed by atoms with Gasteiger partial charge in [-0.1, -0.05) is 62.6 Å². The molecule has 1 aromatic carbocycles. The topological polar surface area (TPSA) is 101 Å². The van der Waals surface area contributed by atoms with Crippen molar-refractivity contribution in [1.29, 1.82) is 0 Å². The maximum atomic E-state index is 13.9. The van der Waals surface area contributed by atoms with E-state index in [0.717, 1.165) is 36.7 Å². The molecule has 44 heavy (non-hydrogen) atoms. The minimum atomic E-state index is -1.45. The highest BCUT2D eigenvalue weighted by molar-refractivity contribution is 7.99. The predicted octanol–water partition coefficient (Wildman–Crippen LogP) is 6.58. The first-order valence-corrected chi connectivity index (χ1v) is 17.8. The van der Waals surface area contributed by atoms with Crippen LogP contribution in [0.15, 0.2) is 47.3 Å². The molecule has 4 saturated carbocycles. The van der Waals surface area contributed by atoms with Gasteiger partial charge in [0.2, 0.25) is 0 Å². The van der Waals surface area contributed by atoms with Crippen molar-refractivity contribution in [2.75, 3.05) is 5.75 Å². The summed E-state index contributed by atoms with van der Waals surface area (Å²) in [7, 11) is 0. The van der Waals surface area contributed by atoms with Crippen LogP contribution in [0.3, 0.4) is 0 Å². The highest BCUT2D eigenvalue weighted by atomic mass is 32.2. The second-order valence-corrected chi connectivity index (χ2v) is 15.9. The van der Waals surface area contributed by atoms with Crippen molar-refractivity contribution in [3.05, 3.63) is 53.5 Å². The molecule has 5 aliphatic rings. The molecule has 2 N–H and O–H groups in total. The van der Waals surface area contributed by atoms with Gasteiger partial charge in [-0.25, -0.2) is 4.98 Å². The van der Waals surface area contributed by atoms with Gasteiger partial charge < -0.3 is 10.2 Å². The van der Waals surface area contributed by atoms with Crippen molar-refractivity contribution in [1.82, 2.24) is 19.7 Å². The molecule has 0 aliphatic heterocycles. The monoisotopic (exact) mass is 612 g/mol. The Labute approximate surface area is 263 Å². The van der Waals surface area contributed by atoms with E-state index in [4.69, 9.17) is 5.10 Å². The summed E-state index contributed by atoms with van der Waals surface area (Å²) in [6.45, 7) is 4.46. The van der Waals surface area contributed by atoms with Crippen molar-refractivity contribution in [2.45, 2.75) is 107 Å². The molecule has 2 heterocycles. The number of carbonyl (C=O) groups excluding carboxylic acids is 1. The number of hydrogen-bond acceptors (Lipinski definition) is 7. The van der Waals surface area contributed by atoms with Crippen LogP contribution in [0.4, 0.5) is 0 Å². The van der Waals surface area contributed by atoms with Crippen LogP contribution >= 0.6 is 11.8 Å². The molecule has 0 amide bonds. The van der Waals surface area contributed by atoms with E-state index in [1.165, 1.54) is 60.7 Å². The standard InChI is InChI=1S/C36H44N4O3S/c1-34-17-22-19-38-40(24-8-4-3-5-9-24)29(22)16-23(34)12-13-25-26-14-15-36(43,35(26,2)18-30(41)33(25)34)31(42)21-44-32-20-37-27-10-6-7-11-28(27)39-32/h6-7,10-11,16,19-20,24-26,30,33,41,43H,3-5,8-9,12-15,17-18,21H2,1-2H3/t25?,26?,30?,33?,34?,35?,36-/m0/s1. The number of hydrogen-bond donors (Lipinski definition) is 2. The molecule has 7 atom stereocenters. The first-order chi connectivity index (χ1) is 21.2. The average molecular weight is 613 g/mol. The van der Waals surface area contributed by atoms with Crippen molar-refractivity contribution in [3.63, 3.8) is 0 Å². The third-order valence-corrected chi connectivity index (χ3v) is 13.7. The number of nitrogens with zero attached hydrogens (tertiary/aromatic N) is 4. The molecule has 8 heteroatoms. The van der Waals surface area contributed by atoms with Crippen LogP contribution in [-0.2, 0) is 11.2 Å². The quantitative estimate of drug-likeness (QED) is 0.314. The lowest BCUT2D eigenvalue weighted by Crippen LogP contribution is -2.62. The zero-order valence-electron chi connectivity index (χ0n) is 25.9. The summed E-state index contributed by atoms with van der Waals surface area (Å²) in [4.78, 5) is 23.0. The second kappa shape index (κ2) is 10.5. The molecule has 6 unspecified atom stereocenters. The summed E-state index contributed by atoms with van der Waals surface area (Å²) in [5.41, 5.74) is 3.47. The molecular weight excluding hydrogens is 568 g/mol. The Morgan fingerprint density at radius 3 is 2.68 bits per heavy atom. The summed E-state index contributed by atoms with van der Waals surface area (Å²) >= 11 is 1.35. The third kappa shape index (κ3) is 4.23. The van der Waals surface area contributed by atoms with Gasteiger partial charge in [0, 0.05) is 5.41 Å². The summed E-state index contributed by atoms with van der Waals surface area (Å²) < 4.78 is 2.31. The SMILES string of the molecule is CC12Cc3cnn(C4CCCCC4)c3C=C1CCC1C2C(O)CC2(C)C1CC[C@]2(O)C(=O)CSc1cnc2ccccc2n1. The zero-order chi connectivity index (χ0) is 30.3. The van der Waals surface area contributed by atoms with Crippen molar-refractivity contribution >= 4 is 34.7 Å². The Hall–Kier alpha value is -2.55. The fraction of sp³-hybridized carbons (Fsp3) is 0.611. The molecule has 0 saturated heterocycles. The largest absolute Gasteiger partial charge is 0.393 e. The molecule has 0 radical (unpaired) electrons. The van der Waals surface area contributed by atoms with Crippen molar-refractivity contribution in [3.8, 4) is 0 Å². The number of Topliss-reactive ketones (excluding diaryl/α,β-unsaturated/α-hetero) is 1. The number of aliphatic hydroxyl groups excluding tert-OH is 1. The van der Waals surface area contributed by atoms with Gasteiger partial charge in [0.05, 0.1) is 47.0 Å². The molecule has 3 aromatic rings. The Morgan fingerprint density at radius 1 is 1.07 bits per heavy atom. The Bertz CT molecular complexity index is 1650. The normalized spacial score (nSPS) is 36.7. The highest BCUT2D eigenvalue weighted by Crippen LogP contribution is 2.67. The maximum Gasteiger partial charge on any atom is 0.175 e. The lowest BCUT2D eigenvalue weighted by molar-refractivity contribution is -0.177. The lowest BCUT2D eigenvalue weighted by atomic mass is 9.45. The van der Waals surface area contributed by atoms with Gasteiger partial charge in [0.1, 0.15) is 10.6 Å². The van der Waals surface area contributed by atoms with Crippen molar-refractivity contribution in [2.24, 2.45) is 28.6 Å². The van der Waals surface area contributed by atoms with Crippen LogP contribution in [0.1, 0.15) is 95.4 Å². The Kier molecular flexibility index (Phi) is 6.89. The summed E-state index contributed by atoms with van der Waals surface area (Å²) in [6, 6.07) is 8.22. The van der Waals surface area contributed by atoms with E-state index in [1.807, 2.05) is 24.3 Å². The number of aromatic nitrogens is 4. The van der Waals surface area contributed by atoms with Gasteiger partial charge in [-0.05, 0) is 98.3 Å². The van der Waals surface area contributed by atoms with E-state index < -0.39 is 17.1 Å². The maximum absolute atomic E-state index is 13.9. The van der Waals surface area contributed by atoms with Gasteiger partial charge in [-0.15, -0.1) is 0 Å². The summed E-state index contributed by atoms with van der Waals surface area (Å²) in [5, 5.41) is 29.8. The minimum Gasteiger partial charge on any atom is -0.393 e. The Morgan fingerprint density at radius 2 is 1.86 bits per heavy atom. The van der Waals surface area contributed by atoms with E-state index in [2.05, 4.69) is 40.8 Å².